The van der Waals surface area contributed by atoms with E-state index in [1.165, 1.54) is 7.11 Å². The van der Waals surface area contributed by atoms with Gasteiger partial charge in [0.25, 0.3) is 0 Å². The van der Waals surface area contributed by atoms with Crippen LogP contribution in [-0.4, -0.2) is 22.8 Å². The van der Waals surface area contributed by atoms with Gasteiger partial charge in [-0.15, -0.1) is 0 Å². The topological polar surface area (TPSA) is 82.2 Å². The molecule has 0 radical (unpaired) electrons. The fraction of sp³-hybridized carbons (Fsp3) is 0.286. The molecular weight excluding hydrogens is 292 g/mol. The molecular formula is C14H17ClN4O2. The Labute approximate surface area is 127 Å². The third-order valence-corrected chi connectivity index (χ3v) is 3.40. The van der Waals surface area contributed by atoms with Crippen LogP contribution in [0.3, 0.4) is 0 Å². The number of anilines is 2. The number of hydrogen-bond acceptors (Lipinski definition) is 4. The van der Waals surface area contributed by atoms with Gasteiger partial charge in [0.2, 0.25) is 5.91 Å². The van der Waals surface area contributed by atoms with Gasteiger partial charge in [0, 0.05) is 5.02 Å². The highest BCUT2D eigenvalue weighted by atomic mass is 35.5. The molecule has 2 rings (SSSR count). The zero-order valence-corrected chi connectivity index (χ0v) is 12.9. The molecule has 0 spiro atoms. The van der Waals surface area contributed by atoms with Gasteiger partial charge in [0.05, 0.1) is 29.9 Å². The highest BCUT2D eigenvalue weighted by Gasteiger charge is 2.13. The van der Waals surface area contributed by atoms with Crippen molar-refractivity contribution in [3.63, 3.8) is 0 Å². The molecule has 0 aliphatic rings. The second-order valence-corrected chi connectivity index (χ2v) is 5.07. The molecule has 0 fully saturated rings. The Bertz CT molecular complexity index is 682. The summed E-state index contributed by atoms with van der Waals surface area (Å²) >= 11 is 5.93. The zero-order valence-electron chi connectivity index (χ0n) is 12.1. The van der Waals surface area contributed by atoms with Gasteiger partial charge in [-0.25, -0.2) is 0 Å². The fourth-order valence-electron chi connectivity index (χ4n) is 1.97. The van der Waals surface area contributed by atoms with Crippen LogP contribution in [0.25, 0.3) is 0 Å². The number of nitrogens with zero attached hydrogens (tertiary/aromatic N) is 2. The van der Waals surface area contributed by atoms with Crippen molar-refractivity contribution in [2.75, 3.05) is 18.2 Å². The summed E-state index contributed by atoms with van der Waals surface area (Å²) in [6.45, 7) is 3.69. The molecule has 1 heterocycles. The summed E-state index contributed by atoms with van der Waals surface area (Å²) < 4.78 is 6.75. The Balaban J connectivity index is 2.15. The van der Waals surface area contributed by atoms with Crippen molar-refractivity contribution in [2.45, 2.75) is 20.4 Å². The highest BCUT2D eigenvalue weighted by molar-refractivity contribution is 6.31. The molecule has 2 aromatic rings. The Morgan fingerprint density at radius 3 is 2.76 bits per heavy atom. The maximum absolute atomic E-state index is 12.1. The molecule has 0 aliphatic carbocycles. The molecule has 7 heteroatoms. The number of amides is 1. The average Bonchev–Trinajstić information content (AvgIpc) is 2.66. The van der Waals surface area contributed by atoms with Crippen LogP contribution in [-0.2, 0) is 11.3 Å². The molecule has 112 valence electrons. The molecule has 0 unspecified atom stereocenters. The van der Waals surface area contributed by atoms with E-state index in [2.05, 4.69) is 10.4 Å². The van der Waals surface area contributed by atoms with E-state index in [0.29, 0.717) is 27.8 Å². The number of carbonyl (C=O) groups is 1. The standard InChI is InChI=1S/C14H17ClN4O2/c1-8-14(16)9(2)19(18-8)7-13(20)17-11-6-10(15)4-5-12(11)21-3/h4-6H,7,16H2,1-3H3,(H,17,20). The summed E-state index contributed by atoms with van der Waals surface area (Å²) in [5.41, 5.74) is 8.44. The molecule has 0 aliphatic heterocycles. The van der Waals surface area contributed by atoms with E-state index in [0.717, 1.165) is 5.69 Å². The van der Waals surface area contributed by atoms with E-state index >= 15 is 0 Å². The van der Waals surface area contributed by atoms with E-state index < -0.39 is 0 Å². The van der Waals surface area contributed by atoms with Gasteiger partial charge in [-0.3, -0.25) is 9.48 Å². The van der Waals surface area contributed by atoms with Crippen LogP contribution < -0.4 is 15.8 Å². The molecule has 21 heavy (non-hydrogen) atoms. The quantitative estimate of drug-likeness (QED) is 0.908. The average molecular weight is 309 g/mol. The molecule has 0 saturated carbocycles. The summed E-state index contributed by atoms with van der Waals surface area (Å²) in [7, 11) is 1.53. The number of carbonyl (C=O) groups excluding carboxylic acids is 1. The van der Waals surface area contributed by atoms with Crippen LogP contribution >= 0.6 is 11.6 Å². The highest BCUT2D eigenvalue weighted by Crippen LogP contribution is 2.27. The van der Waals surface area contributed by atoms with E-state index in [1.807, 2.05) is 6.92 Å². The molecule has 1 amide bonds. The fourth-order valence-corrected chi connectivity index (χ4v) is 2.14. The zero-order chi connectivity index (χ0) is 15.6. The number of hydrogen-bond donors (Lipinski definition) is 2. The first-order valence-electron chi connectivity index (χ1n) is 6.35. The second kappa shape index (κ2) is 6.05. The number of rotatable bonds is 4. The molecule has 0 saturated heterocycles. The summed E-state index contributed by atoms with van der Waals surface area (Å²) in [5, 5.41) is 7.50. The summed E-state index contributed by atoms with van der Waals surface area (Å²) in [4.78, 5) is 12.1. The van der Waals surface area contributed by atoms with E-state index in [-0.39, 0.29) is 12.5 Å². The van der Waals surface area contributed by atoms with Gasteiger partial charge in [0.1, 0.15) is 12.3 Å². The first kappa shape index (κ1) is 15.2. The third-order valence-electron chi connectivity index (χ3n) is 3.17. The Hall–Kier alpha value is -2.21. The van der Waals surface area contributed by atoms with Gasteiger partial charge in [-0.05, 0) is 32.0 Å². The molecule has 3 N–H and O–H groups in total. The summed E-state index contributed by atoms with van der Waals surface area (Å²) in [6, 6.07) is 5.02. The molecule has 1 aromatic heterocycles. The number of aromatic nitrogens is 2. The minimum atomic E-state index is -0.235. The number of nitrogens with two attached hydrogens (primary N) is 1. The number of aryl methyl sites for hydroxylation is 1. The van der Waals surface area contributed by atoms with Gasteiger partial charge >= 0.3 is 0 Å². The van der Waals surface area contributed by atoms with Crippen molar-refractivity contribution in [1.82, 2.24) is 9.78 Å². The van der Waals surface area contributed by atoms with Crippen molar-refractivity contribution in [1.29, 1.82) is 0 Å². The van der Waals surface area contributed by atoms with Crippen molar-refractivity contribution >= 4 is 28.9 Å². The van der Waals surface area contributed by atoms with Gasteiger partial charge < -0.3 is 15.8 Å². The van der Waals surface area contributed by atoms with Crippen LogP contribution in [0, 0.1) is 13.8 Å². The smallest absolute Gasteiger partial charge is 0.246 e. The number of ether oxygens (including phenoxy) is 1. The Morgan fingerprint density at radius 2 is 2.19 bits per heavy atom. The van der Waals surface area contributed by atoms with E-state index in [4.69, 9.17) is 22.1 Å². The Morgan fingerprint density at radius 1 is 1.48 bits per heavy atom. The number of halogens is 1. The normalized spacial score (nSPS) is 10.5. The predicted octanol–water partition coefficient (Wildman–Crippen LogP) is 2.38. The number of benzene rings is 1. The molecule has 1 aromatic carbocycles. The van der Waals surface area contributed by atoms with Gasteiger partial charge in [0.15, 0.2) is 0 Å². The first-order valence-corrected chi connectivity index (χ1v) is 6.73. The van der Waals surface area contributed by atoms with Crippen LogP contribution in [0.15, 0.2) is 18.2 Å². The van der Waals surface area contributed by atoms with Crippen molar-refractivity contribution in [3.8, 4) is 5.75 Å². The minimum Gasteiger partial charge on any atom is -0.495 e. The lowest BCUT2D eigenvalue weighted by Gasteiger charge is -2.11. The molecule has 0 bridgehead atoms. The number of methoxy groups -OCH3 is 1. The lowest BCUT2D eigenvalue weighted by molar-refractivity contribution is -0.116. The first-order chi connectivity index (χ1) is 9.92. The van der Waals surface area contributed by atoms with Crippen molar-refractivity contribution in [3.05, 3.63) is 34.6 Å². The van der Waals surface area contributed by atoms with Crippen LogP contribution in [0.1, 0.15) is 11.4 Å². The van der Waals surface area contributed by atoms with Gasteiger partial charge in [-0.2, -0.15) is 5.10 Å². The van der Waals surface area contributed by atoms with Crippen LogP contribution in [0.5, 0.6) is 5.75 Å². The largest absolute Gasteiger partial charge is 0.495 e. The second-order valence-electron chi connectivity index (χ2n) is 4.63. The third kappa shape index (κ3) is 3.28. The minimum absolute atomic E-state index is 0.0690. The maximum atomic E-state index is 12.1. The predicted molar refractivity (Wildman–Crippen MR) is 82.7 cm³/mol. The van der Waals surface area contributed by atoms with Crippen molar-refractivity contribution in [2.24, 2.45) is 0 Å². The Kier molecular flexibility index (Phi) is 4.37. The summed E-state index contributed by atoms with van der Waals surface area (Å²) in [6.07, 6.45) is 0. The lowest BCUT2D eigenvalue weighted by Crippen LogP contribution is -2.20. The SMILES string of the molecule is COc1ccc(Cl)cc1NC(=O)Cn1nc(C)c(N)c1C. The molecule has 6 nitrogen and oxygen atoms in total. The number of nitrogens with one attached hydrogen (secondary N) is 1. The van der Waals surface area contributed by atoms with E-state index in [9.17, 15) is 4.79 Å². The number of nitrogen functional groups attached to an aromatic ring is 1. The monoisotopic (exact) mass is 308 g/mol. The van der Waals surface area contributed by atoms with Gasteiger partial charge in [-0.1, -0.05) is 11.6 Å². The van der Waals surface area contributed by atoms with Crippen molar-refractivity contribution < 1.29 is 9.53 Å². The maximum Gasteiger partial charge on any atom is 0.246 e. The summed E-state index contributed by atoms with van der Waals surface area (Å²) in [5.74, 6) is 0.307. The van der Waals surface area contributed by atoms with Crippen LogP contribution in [0.2, 0.25) is 5.02 Å². The van der Waals surface area contributed by atoms with E-state index in [1.54, 1.807) is 29.8 Å². The lowest BCUT2D eigenvalue weighted by atomic mass is 10.3. The molecule has 0 atom stereocenters. The van der Waals surface area contributed by atoms with Crippen LogP contribution in [0.4, 0.5) is 11.4 Å².